The quantitative estimate of drug-likeness (QED) is 0.710. The average molecular weight is 184 g/mol. The Morgan fingerprint density at radius 1 is 1.75 bits per heavy atom. The van der Waals surface area contributed by atoms with Crippen molar-refractivity contribution in [2.45, 2.75) is 13.0 Å². The Bertz CT molecular complexity index is 255. The molecule has 1 aliphatic heterocycles. The second-order valence-corrected chi connectivity index (χ2v) is 4.14. The third-order valence-electron chi connectivity index (χ3n) is 1.84. The first-order valence-electron chi connectivity index (χ1n) is 4.11. The van der Waals surface area contributed by atoms with E-state index in [9.17, 15) is 0 Å². The fourth-order valence-corrected chi connectivity index (χ4v) is 2.07. The summed E-state index contributed by atoms with van der Waals surface area (Å²) >= 11 is 1.72. The molecule has 0 spiro atoms. The second-order valence-electron chi connectivity index (χ2n) is 2.87. The predicted octanol–water partition coefficient (Wildman–Crippen LogP) is 1.11. The lowest BCUT2D eigenvalue weighted by Crippen LogP contribution is -2.33. The van der Waals surface area contributed by atoms with E-state index in [-0.39, 0.29) is 6.10 Å². The van der Waals surface area contributed by atoms with Crippen molar-refractivity contribution in [1.82, 2.24) is 10.3 Å². The zero-order chi connectivity index (χ0) is 8.39. The van der Waals surface area contributed by atoms with Gasteiger partial charge in [-0.2, -0.15) is 0 Å². The monoisotopic (exact) mass is 184 g/mol. The number of ether oxygens (including phenoxy) is 1. The Morgan fingerprint density at radius 2 is 2.67 bits per heavy atom. The average Bonchev–Trinajstić information content (AvgIpc) is 2.54. The highest BCUT2D eigenvalue weighted by molar-refractivity contribution is 7.11. The molecule has 0 bridgehead atoms. The molecule has 0 radical (unpaired) electrons. The largest absolute Gasteiger partial charge is 0.368 e. The van der Waals surface area contributed by atoms with Gasteiger partial charge in [0.2, 0.25) is 0 Å². The molecule has 2 heterocycles. The lowest BCUT2D eigenvalue weighted by Gasteiger charge is -2.21. The molecule has 66 valence electrons. The van der Waals surface area contributed by atoms with Crippen LogP contribution in [0.15, 0.2) is 6.20 Å². The van der Waals surface area contributed by atoms with E-state index in [2.05, 4.69) is 17.2 Å². The predicted molar refractivity (Wildman–Crippen MR) is 48.4 cm³/mol. The smallest absolute Gasteiger partial charge is 0.123 e. The van der Waals surface area contributed by atoms with Crippen molar-refractivity contribution in [3.63, 3.8) is 0 Å². The fourth-order valence-electron chi connectivity index (χ4n) is 1.25. The molecule has 0 saturated carbocycles. The van der Waals surface area contributed by atoms with Crippen molar-refractivity contribution in [3.8, 4) is 0 Å². The molecule has 0 aliphatic carbocycles. The topological polar surface area (TPSA) is 34.2 Å². The number of hydrogen-bond donors (Lipinski definition) is 1. The molecule has 12 heavy (non-hydrogen) atoms. The van der Waals surface area contributed by atoms with Crippen molar-refractivity contribution >= 4 is 11.3 Å². The van der Waals surface area contributed by atoms with Crippen molar-refractivity contribution in [2.24, 2.45) is 0 Å². The van der Waals surface area contributed by atoms with Gasteiger partial charge in [0.1, 0.15) is 11.1 Å². The lowest BCUT2D eigenvalue weighted by atomic mass is 10.3. The van der Waals surface area contributed by atoms with E-state index >= 15 is 0 Å². The molecule has 1 unspecified atom stereocenters. The summed E-state index contributed by atoms with van der Waals surface area (Å²) in [6.07, 6.45) is 2.08. The zero-order valence-corrected chi connectivity index (χ0v) is 7.86. The number of thiazole rings is 1. The minimum Gasteiger partial charge on any atom is -0.368 e. The van der Waals surface area contributed by atoms with Crippen LogP contribution in [-0.4, -0.2) is 24.7 Å². The molecule has 1 aliphatic rings. The summed E-state index contributed by atoms with van der Waals surface area (Å²) in [5.74, 6) is 0. The minimum absolute atomic E-state index is 0.178. The molecule has 0 amide bonds. The lowest BCUT2D eigenvalue weighted by molar-refractivity contribution is 0.0275. The van der Waals surface area contributed by atoms with Gasteiger partial charge in [-0.15, -0.1) is 11.3 Å². The summed E-state index contributed by atoms with van der Waals surface area (Å²) in [6, 6.07) is 0. The van der Waals surface area contributed by atoms with E-state index in [0.29, 0.717) is 0 Å². The molecule has 0 aromatic carbocycles. The van der Waals surface area contributed by atoms with Crippen LogP contribution >= 0.6 is 11.3 Å². The van der Waals surface area contributed by atoms with Crippen molar-refractivity contribution in [2.75, 3.05) is 19.7 Å². The van der Waals surface area contributed by atoms with Crippen molar-refractivity contribution in [1.29, 1.82) is 0 Å². The van der Waals surface area contributed by atoms with Crippen LogP contribution in [0.5, 0.6) is 0 Å². The molecule has 1 aromatic rings. The van der Waals surface area contributed by atoms with E-state index in [4.69, 9.17) is 4.74 Å². The van der Waals surface area contributed by atoms with Gasteiger partial charge in [-0.05, 0) is 6.92 Å². The van der Waals surface area contributed by atoms with Crippen molar-refractivity contribution < 1.29 is 4.74 Å². The zero-order valence-electron chi connectivity index (χ0n) is 7.04. The van der Waals surface area contributed by atoms with Gasteiger partial charge in [0.15, 0.2) is 0 Å². The summed E-state index contributed by atoms with van der Waals surface area (Å²) in [5.41, 5.74) is 0. The molecule has 2 rings (SSSR count). The van der Waals surface area contributed by atoms with E-state index in [1.54, 1.807) is 11.3 Å². The highest BCUT2D eigenvalue weighted by Crippen LogP contribution is 2.22. The number of nitrogens with zero attached hydrogens (tertiary/aromatic N) is 1. The molecule has 1 fully saturated rings. The molecule has 3 nitrogen and oxygen atoms in total. The highest BCUT2D eigenvalue weighted by atomic mass is 32.1. The number of hydrogen-bond acceptors (Lipinski definition) is 4. The van der Waals surface area contributed by atoms with Crippen LogP contribution < -0.4 is 5.32 Å². The summed E-state index contributed by atoms with van der Waals surface area (Å²) < 4.78 is 5.56. The molecule has 1 aromatic heterocycles. The van der Waals surface area contributed by atoms with Gasteiger partial charge in [0, 0.05) is 24.2 Å². The Labute approximate surface area is 75.8 Å². The van der Waals surface area contributed by atoms with E-state index in [1.807, 2.05) is 6.20 Å². The summed E-state index contributed by atoms with van der Waals surface area (Å²) in [5, 5.41) is 4.38. The third-order valence-corrected chi connectivity index (χ3v) is 2.85. The standard InChI is InChI=1S/C8H12N2OS/c1-6-4-10-8(12-6)7-5-9-2-3-11-7/h4,7,9H,2-3,5H2,1H3. The summed E-state index contributed by atoms with van der Waals surface area (Å²) in [6.45, 7) is 4.72. The van der Waals surface area contributed by atoms with Gasteiger partial charge in [-0.25, -0.2) is 4.98 Å². The second kappa shape index (κ2) is 3.51. The van der Waals surface area contributed by atoms with Crippen LogP contribution in [-0.2, 0) is 4.74 Å². The number of aryl methyl sites for hydroxylation is 1. The van der Waals surface area contributed by atoms with Crippen LogP contribution in [0, 0.1) is 6.92 Å². The first kappa shape index (κ1) is 8.16. The van der Waals surface area contributed by atoms with Gasteiger partial charge in [0.05, 0.1) is 6.61 Å². The molecule has 1 saturated heterocycles. The van der Waals surface area contributed by atoms with Crippen LogP contribution in [0.1, 0.15) is 16.0 Å². The minimum atomic E-state index is 0.178. The maximum absolute atomic E-state index is 5.56. The van der Waals surface area contributed by atoms with E-state index in [0.717, 1.165) is 24.7 Å². The van der Waals surface area contributed by atoms with E-state index in [1.165, 1.54) is 4.88 Å². The molecular weight excluding hydrogens is 172 g/mol. The number of aromatic nitrogens is 1. The van der Waals surface area contributed by atoms with Gasteiger partial charge in [0.25, 0.3) is 0 Å². The Morgan fingerprint density at radius 3 is 3.25 bits per heavy atom. The van der Waals surface area contributed by atoms with E-state index < -0.39 is 0 Å². The summed E-state index contributed by atoms with van der Waals surface area (Å²) in [4.78, 5) is 5.54. The third kappa shape index (κ3) is 1.65. The number of nitrogens with one attached hydrogen (secondary N) is 1. The summed E-state index contributed by atoms with van der Waals surface area (Å²) in [7, 11) is 0. The van der Waals surface area contributed by atoms with Gasteiger partial charge in [-0.1, -0.05) is 0 Å². The first-order valence-corrected chi connectivity index (χ1v) is 4.92. The van der Waals surface area contributed by atoms with Gasteiger partial charge < -0.3 is 10.1 Å². The molecule has 1 atom stereocenters. The first-order chi connectivity index (χ1) is 5.86. The fraction of sp³-hybridized carbons (Fsp3) is 0.625. The van der Waals surface area contributed by atoms with Crippen molar-refractivity contribution in [3.05, 3.63) is 16.1 Å². The maximum atomic E-state index is 5.56. The Hall–Kier alpha value is -0.450. The number of morpholine rings is 1. The highest BCUT2D eigenvalue weighted by Gasteiger charge is 2.17. The number of rotatable bonds is 1. The Balaban J connectivity index is 2.08. The van der Waals surface area contributed by atoms with Gasteiger partial charge in [-0.3, -0.25) is 0 Å². The normalized spacial score (nSPS) is 24.2. The SMILES string of the molecule is Cc1cnc(C2CNCCO2)s1. The molecule has 4 heteroatoms. The van der Waals surface area contributed by atoms with Crippen LogP contribution in [0.25, 0.3) is 0 Å². The molecular formula is C8H12N2OS. The van der Waals surface area contributed by atoms with Crippen LogP contribution in [0.4, 0.5) is 0 Å². The van der Waals surface area contributed by atoms with Crippen LogP contribution in [0.2, 0.25) is 0 Å². The molecule has 1 N–H and O–H groups in total. The Kier molecular flexibility index (Phi) is 2.39. The van der Waals surface area contributed by atoms with Crippen LogP contribution in [0.3, 0.4) is 0 Å². The van der Waals surface area contributed by atoms with Gasteiger partial charge >= 0.3 is 0 Å². The maximum Gasteiger partial charge on any atom is 0.123 e.